The number of aromatic nitrogens is 2. The lowest BCUT2D eigenvalue weighted by Gasteiger charge is -2.40. The van der Waals surface area contributed by atoms with Crippen molar-refractivity contribution >= 4 is 22.3 Å². The number of ether oxygens (including phenoxy) is 1. The maximum atomic E-state index is 9.55. The van der Waals surface area contributed by atoms with Crippen molar-refractivity contribution in [3.8, 4) is 6.07 Å². The molecular formula is C29H34N6O2. The summed E-state index contributed by atoms with van der Waals surface area (Å²) in [5.74, 6) is 1.30. The number of anilines is 2. The van der Waals surface area contributed by atoms with Crippen molar-refractivity contribution in [2.24, 2.45) is 11.8 Å². The van der Waals surface area contributed by atoms with Gasteiger partial charge in [0, 0.05) is 74.5 Å². The molecule has 37 heavy (non-hydrogen) atoms. The molecule has 3 saturated heterocycles. The first kappa shape index (κ1) is 24.1. The first-order chi connectivity index (χ1) is 18.0. The number of morpholine rings is 1. The van der Waals surface area contributed by atoms with Crippen LogP contribution in [0.1, 0.15) is 23.9 Å². The molecule has 3 aliphatic rings. The Morgan fingerprint density at radius 1 is 1.05 bits per heavy atom. The number of benzene rings is 1. The molecule has 4 unspecified atom stereocenters. The van der Waals surface area contributed by atoms with E-state index in [-0.39, 0.29) is 18.8 Å². The Balaban J connectivity index is 1.11. The average molecular weight is 499 g/mol. The van der Waals surface area contributed by atoms with Gasteiger partial charge in [-0.25, -0.2) is 0 Å². The van der Waals surface area contributed by atoms with Gasteiger partial charge < -0.3 is 19.6 Å². The Bertz CT molecular complexity index is 1330. The number of aryl methyl sites for hydroxylation is 1. The van der Waals surface area contributed by atoms with Crippen LogP contribution in [0.15, 0.2) is 42.6 Å². The fraction of sp³-hybridized carbons (Fsp3) is 0.483. The van der Waals surface area contributed by atoms with Crippen molar-refractivity contribution in [2.75, 3.05) is 55.6 Å². The van der Waals surface area contributed by atoms with E-state index in [1.54, 1.807) is 6.20 Å². The highest BCUT2D eigenvalue weighted by Gasteiger charge is 2.41. The standard InChI is InChI=1S/C29H34N6O2/c1-19-8-25(9-24(18-36)32-19)34-14-22-12-33(13-23(22)15-34)16-26-17-35(11-20(2)37-26)28-6-5-21(10-30)29-27(28)4-3-7-31-29/h3-9,20,22-23,26,36H,11-18H2,1-2H3. The quantitative estimate of drug-likeness (QED) is 0.575. The van der Waals surface area contributed by atoms with Crippen molar-refractivity contribution in [1.82, 2.24) is 14.9 Å². The summed E-state index contributed by atoms with van der Waals surface area (Å²) in [5, 5.41) is 20.1. The van der Waals surface area contributed by atoms with Crippen LogP contribution in [0.2, 0.25) is 0 Å². The highest BCUT2D eigenvalue weighted by atomic mass is 16.5. The molecule has 1 aromatic carbocycles. The van der Waals surface area contributed by atoms with Crippen LogP contribution >= 0.6 is 0 Å². The van der Waals surface area contributed by atoms with Gasteiger partial charge in [-0.05, 0) is 62.1 Å². The fourth-order valence-electron chi connectivity index (χ4n) is 6.59. The van der Waals surface area contributed by atoms with Gasteiger partial charge in [-0.1, -0.05) is 0 Å². The van der Waals surface area contributed by atoms with E-state index in [9.17, 15) is 10.4 Å². The van der Waals surface area contributed by atoms with Crippen LogP contribution in [-0.4, -0.2) is 78.0 Å². The molecule has 0 amide bonds. The second kappa shape index (κ2) is 9.90. The zero-order chi connectivity index (χ0) is 25.5. The highest BCUT2D eigenvalue weighted by molar-refractivity contribution is 5.95. The van der Waals surface area contributed by atoms with Crippen LogP contribution in [0.4, 0.5) is 11.4 Å². The predicted octanol–water partition coefficient (Wildman–Crippen LogP) is 2.96. The molecule has 6 rings (SSSR count). The Morgan fingerprint density at radius 3 is 2.62 bits per heavy atom. The normalized spacial score (nSPS) is 26.0. The number of nitrogens with zero attached hydrogens (tertiary/aromatic N) is 6. The summed E-state index contributed by atoms with van der Waals surface area (Å²) in [6.07, 6.45) is 2.02. The van der Waals surface area contributed by atoms with Crippen molar-refractivity contribution in [3.05, 3.63) is 59.5 Å². The van der Waals surface area contributed by atoms with Crippen molar-refractivity contribution in [1.29, 1.82) is 5.26 Å². The molecule has 8 heteroatoms. The number of aliphatic hydroxyl groups excluding tert-OH is 1. The molecule has 2 aromatic heterocycles. The van der Waals surface area contributed by atoms with Crippen LogP contribution in [0.25, 0.3) is 10.9 Å². The molecule has 3 fully saturated rings. The minimum Gasteiger partial charge on any atom is -0.390 e. The third-order valence-electron chi connectivity index (χ3n) is 8.08. The van der Waals surface area contributed by atoms with E-state index in [1.807, 2.05) is 25.1 Å². The third-order valence-corrected chi connectivity index (χ3v) is 8.08. The van der Waals surface area contributed by atoms with Crippen LogP contribution in [0, 0.1) is 30.1 Å². The van der Waals surface area contributed by atoms with Crippen LogP contribution in [-0.2, 0) is 11.3 Å². The summed E-state index contributed by atoms with van der Waals surface area (Å²) in [6.45, 7) is 11.0. The number of aliphatic hydroxyl groups is 1. The molecule has 0 aliphatic carbocycles. The Labute approximate surface area is 218 Å². The van der Waals surface area contributed by atoms with Crippen molar-refractivity contribution < 1.29 is 9.84 Å². The summed E-state index contributed by atoms with van der Waals surface area (Å²) < 4.78 is 6.42. The van der Waals surface area contributed by atoms with E-state index in [0.717, 1.165) is 73.8 Å². The summed E-state index contributed by atoms with van der Waals surface area (Å²) in [4.78, 5) is 16.4. The second-order valence-corrected chi connectivity index (χ2v) is 10.9. The summed E-state index contributed by atoms with van der Waals surface area (Å²) in [7, 11) is 0. The maximum absolute atomic E-state index is 9.55. The molecule has 0 spiro atoms. The molecule has 192 valence electrons. The first-order valence-electron chi connectivity index (χ1n) is 13.2. The van der Waals surface area contributed by atoms with Gasteiger partial charge in [-0.2, -0.15) is 5.26 Å². The molecule has 5 heterocycles. The summed E-state index contributed by atoms with van der Waals surface area (Å²) >= 11 is 0. The highest BCUT2D eigenvalue weighted by Crippen LogP contribution is 2.35. The monoisotopic (exact) mass is 498 g/mol. The largest absolute Gasteiger partial charge is 0.390 e. The van der Waals surface area contributed by atoms with Gasteiger partial charge >= 0.3 is 0 Å². The molecule has 0 saturated carbocycles. The maximum Gasteiger partial charge on any atom is 0.101 e. The van der Waals surface area contributed by atoms with Crippen LogP contribution in [0.3, 0.4) is 0 Å². The van der Waals surface area contributed by atoms with E-state index in [2.05, 4.69) is 55.9 Å². The number of rotatable bonds is 5. The topological polar surface area (TPSA) is 88.8 Å². The van der Waals surface area contributed by atoms with Gasteiger partial charge in [0.05, 0.1) is 35.6 Å². The smallest absolute Gasteiger partial charge is 0.101 e. The average Bonchev–Trinajstić information content (AvgIpc) is 3.46. The SMILES string of the molecule is Cc1cc(N2CC3CN(CC4CN(c5ccc(C#N)c6ncccc56)CC(C)O4)CC3C2)cc(CO)n1. The fourth-order valence-corrected chi connectivity index (χ4v) is 6.59. The zero-order valence-corrected chi connectivity index (χ0v) is 21.5. The first-order valence-corrected chi connectivity index (χ1v) is 13.2. The lowest BCUT2D eigenvalue weighted by Crippen LogP contribution is -2.51. The lowest BCUT2D eigenvalue weighted by atomic mass is 10.0. The molecule has 0 bridgehead atoms. The summed E-state index contributed by atoms with van der Waals surface area (Å²) in [6, 6.07) is 14.4. The number of pyridine rings is 2. The third kappa shape index (κ3) is 4.75. The minimum absolute atomic E-state index is 0.0191. The minimum atomic E-state index is -0.0191. The van der Waals surface area contributed by atoms with Crippen molar-refractivity contribution in [3.63, 3.8) is 0 Å². The van der Waals surface area contributed by atoms with Gasteiger partial charge in [0.2, 0.25) is 0 Å². The van der Waals surface area contributed by atoms with E-state index >= 15 is 0 Å². The number of hydrogen-bond acceptors (Lipinski definition) is 8. The predicted molar refractivity (Wildman–Crippen MR) is 144 cm³/mol. The van der Waals surface area contributed by atoms with Gasteiger partial charge in [-0.15, -0.1) is 0 Å². The zero-order valence-electron chi connectivity index (χ0n) is 21.5. The molecule has 4 atom stereocenters. The number of nitriles is 1. The number of hydrogen-bond donors (Lipinski definition) is 1. The Morgan fingerprint density at radius 2 is 1.86 bits per heavy atom. The number of fused-ring (bicyclic) bond motifs is 2. The molecule has 0 radical (unpaired) electrons. The second-order valence-electron chi connectivity index (χ2n) is 10.9. The lowest BCUT2D eigenvalue weighted by molar-refractivity contribution is -0.0301. The van der Waals surface area contributed by atoms with Gasteiger partial charge in [0.25, 0.3) is 0 Å². The van der Waals surface area contributed by atoms with E-state index < -0.39 is 0 Å². The van der Waals surface area contributed by atoms with Gasteiger partial charge in [0.15, 0.2) is 0 Å². The molecule has 1 N–H and O–H groups in total. The van der Waals surface area contributed by atoms with Gasteiger partial charge in [0.1, 0.15) is 6.07 Å². The molecule has 8 nitrogen and oxygen atoms in total. The molecule has 3 aliphatic heterocycles. The Hall–Kier alpha value is -3.25. The van der Waals surface area contributed by atoms with Crippen LogP contribution in [0.5, 0.6) is 0 Å². The number of likely N-dealkylation sites (tertiary alicyclic amines) is 1. The summed E-state index contributed by atoms with van der Waals surface area (Å²) in [5.41, 5.74) is 5.40. The van der Waals surface area contributed by atoms with E-state index in [4.69, 9.17) is 4.74 Å². The van der Waals surface area contributed by atoms with Crippen molar-refractivity contribution in [2.45, 2.75) is 32.7 Å². The molecule has 3 aromatic rings. The Kier molecular flexibility index (Phi) is 6.45. The van der Waals surface area contributed by atoms with E-state index in [1.165, 1.54) is 5.69 Å². The van der Waals surface area contributed by atoms with Crippen LogP contribution < -0.4 is 9.80 Å². The molecular weight excluding hydrogens is 464 g/mol. The van der Waals surface area contributed by atoms with Gasteiger partial charge in [-0.3, -0.25) is 14.9 Å². The van der Waals surface area contributed by atoms with E-state index in [0.29, 0.717) is 17.4 Å².